The Morgan fingerprint density at radius 2 is 2.05 bits per heavy atom. The van der Waals surface area contributed by atoms with Gasteiger partial charge in [-0.2, -0.15) is 0 Å². The number of hydrogen-bond donors (Lipinski definition) is 1. The fourth-order valence-electron chi connectivity index (χ4n) is 2.05. The fraction of sp³-hybridized carbons (Fsp3) is 0.308. The van der Waals surface area contributed by atoms with Crippen molar-refractivity contribution >= 4 is 26.7 Å². The fourth-order valence-corrected chi connectivity index (χ4v) is 2.96. The first-order chi connectivity index (χ1) is 8.84. The van der Waals surface area contributed by atoms with Gasteiger partial charge < -0.3 is 9.67 Å². The molecule has 2 rings (SSSR count). The predicted molar refractivity (Wildman–Crippen MR) is 73.0 cm³/mol. The minimum absolute atomic E-state index is 0.0206. The maximum absolute atomic E-state index is 11.7. The van der Waals surface area contributed by atoms with Crippen molar-refractivity contribution < 1.29 is 18.3 Å². The van der Waals surface area contributed by atoms with Crippen LogP contribution < -0.4 is 0 Å². The van der Waals surface area contributed by atoms with E-state index in [1.54, 1.807) is 36.9 Å². The molecule has 0 spiro atoms. The zero-order valence-corrected chi connectivity index (χ0v) is 11.6. The van der Waals surface area contributed by atoms with E-state index in [0.29, 0.717) is 5.56 Å². The minimum Gasteiger partial charge on any atom is -0.478 e. The first-order valence-corrected chi connectivity index (χ1v) is 7.68. The van der Waals surface area contributed by atoms with Crippen molar-refractivity contribution in [1.82, 2.24) is 4.57 Å². The second-order valence-corrected chi connectivity index (χ2v) is 6.83. The smallest absolute Gasteiger partial charge is 0.335 e. The van der Waals surface area contributed by atoms with Crippen molar-refractivity contribution in [2.24, 2.45) is 7.05 Å². The molecule has 0 radical (unpaired) electrons. The second-order valence-electron chi connectivity index (χ2n) is 4.48. The van der Waals surface area contributed by atoms with Gasteiger partial charge in [-0.15, -0.1) is 0 Å². The SMILES string of the molecule is CCS(=O)(=O)Cc1cn(C)c2cc(C(=O)O)ccc12. The number of rotatable bonds is 4. The number of fused-ring (bicyclic) bond motifs is 1. The molecule has 0 fully saturated rings. The quantitative estimate of drug-likeness (QED) is 0.927. The Morgan fingerprint density at radius 1 is 1.37 bits per heavy atom. The molecule has 19 heavy (non-hydrogen) atoms. The summed E-state index contributed by atoms with van der Waals surface area (Å²) < 4.78 is 25.1. The third-order valence-electron chi connectivity index (χ3n) is 3.14. The molecule has 0 unspecified atom stereocenters. The summed E-state index contributed by atoms with van der Waals surface area (Å²) in [6.07, 6.45) is 1.74. The third kappa shape index (κ3) is 2.63. The molecular formula is C13H15NO4S. The number of aryl methyl sites for hydroxylation is 1. The topological polar surface area (TPSA) is 76.4 Å². The van der Waals surface area contributed by atoms with Gasteiger partial charge in [-0.3, -0.25) is 0 Å². The second kappa shape index (κ2) is 4.70. The van der Waals surface area contributed by atoms with Gasteiger partial charge in [-0.25, -0.2) is 13.2 Å². The van der Waals surface area contributed by atoms with Gasteiger partial charge >= 0.3 is 5.97 Å². The Balaban J connectivity index is 2.57. The molecule has 1 aromatic heterocycles. The number of aromatic nitrogens is 1. The van der Waals surface area contributed by atoms with Crippen LogP contribution in [-0.2, 0) is 22.6 Å². The largest absolute Gasteiger partial charge is 0.478 e. The van der Waals surface area contributed by atoms with E-state index in [4.69, 9.17) is 5.11 Å². The number of carboxylic acid groups (broad SMARTS) is 1. The highest BCUT2D eigenvalue weighted by Crippen LogP contribution is 2.24. The number of hydrogen-bond acceptors (Lipinski definition) is 3. The van der Waals surface area contributed by atoms with Gasteiger partial charge in [0.1, 0.15) is 0 Å². The van der Waals surface area contributed by atoms with Crippen LogP contribution in [0.25, 0.3) is 10.9 Å². The molecule has 6 heteroatoms. The van der Waals surface area contributed by atoms with Gasteiger partial charge in [0.25, 0.3) is 0 Å². The number of benzene rings is 1. The molecule has 0 saturated carbocycles. The van der Waals surface area contributed by atoms with Gasteiger partial charge in [0, 0.05) is 29.9 Å². The lowest BCUT2D eigenvalue weighted by Gasteiger charge is -2.00. The maximum atomic E-state index is 11.7. The van der Waals surface area contributed by atoms with Crippen LogP contribution in [0, 0.1) is 0 Å². The highest BCUT2D eigenvalue weighted by Gasteiger charge is 2.15. The monoisotopic (exact) mass is 281 g/mol. The molecule has 0 amide bonds. The van der Waals surface area contributed by atoms with Gasteiger partial charge in [0.15, 0.2) is 9.84 Å². The average Bonchev–Trinajstić information content (AvgIpc) is 2.65. The highest BCUT2D eigenvalue weighted by atomic mass is 32.2. The summed E-state index contributed by atoms with van der Waals surface area (Å²) in [7, 11) is -1.33. The molecule has 5 nitrogen and oxygen atoms in total. The molecule has 0 bridgehead atoms. The minimum atomic E-state index is -3.11. The Hall–Kier alpha value is -1.82. The van der Waals surface area contributed by atoms with Crippen LogP contribution in [0.15, 0.2) is 24.4 Å². The summed E-state index contributed by atoms with van der Waals surface area (Å²) in [6, 6.07) is 4.71. The number of sulfone groups is 1. The molecule has 1 aromatic carbocycles. The summed E-state index contributed by atoms with van der Waals surface area (Å²) in [5.74, 6) is -0.921. The molecule has 0 aliphatic carbocycles. The Kier molecular flexibility index (Phi) is 3.36. The Bertz CT molecular complexity index is 743. The first kappa shape index (κ1) is 13.6. The standard InChI is InChI=1S/C13H15NO4S/c1-3-19(17,18)8-10-7-14(2)12-6-9(13(15)16)4-5-11(10)12/h4-7H,3,8H2,1-2H3,(H,15,16). The van der Waals surface area contributed by atoms with Crippen LogP contribution >= 0.6 is 0 Å². The summed E-state index contributed by atoms with van der Waals surface area (Å²) in [6.45, 7) is 1.61. The van der Waals surface area contributed by atoms with Crippen molar-refractivity contribution in [1.29, 1.82) is 0 Å². The summed E-state index contributed by atoms with van der Waals surface area (Å²) in [5, 5.41) is 9.74. The molecule has 1 heterocycles. The zero-order valence-electron chi connectivity index (χ0n) is 10.8. The van der Waals surface area contributed by atoms with E-state index in [-0.39, 0.29) is 17.1 Å². The molecule has 0 atom stereocenters. The summed E-state index contributed by atoms with van der Waals surface area (Å²) in [4.78, 5) is 10.9. The molecule has 0 saturated heterocycles. The molecular weight excluding hydrogens is 266 g/mol. The van der Waals surface area contributed by atoms with Gasteiger partial charge in [-0.1, -0.05) is 13.0 Å². The zero-order chi connectivity index (χ0) is 14.2. The lowest BCUT2D eigenvalue weighted by molar-refractivity contribution is 0.0697. The number of carboxylic acids is 1. The van der Waals surface area contributed by atoms with Gasteiger partial charge in [-0.05, 0) is 17.7 Å². The predicted octanol–water partition coefficient (Wildman–Crippen LogP) is 1.81. The van der Waals surface area contributed by atoms with Crippen LogP contribution in [0.5, 0.6) is 0 Å². The highest BCUT2D eigenvalue weighted by molar-refractivity contribution is 7.90. The van der Waals surface area contributed by atoms with Crippen molar-refractivity contribution in [3.8, 4) is 0 Å². The van der Waals surface area contributed by atoms with Crippen LogP contribution in [0.2, 0.25) is 0 Å². The summed E-state index contributed by atoms with van der Waals surface area (Å²) >= 11 is 0. The van der Waals surface area contributed by atoms with E-state index in [1.807, 2.05) is 0 Å². The van der Waals surface area contributed by atoms with Gasteiger partial charge in [0.2, 0.25) is 0 Å². The maximum Gasteiger partial charge on any atom is 0.335 e. The molecule has 102 valence electrons. The number of aromatic carboxylic acids is 1. The lowest BCUT2D eigenvalue weighted by Crippen LogP contribution is -2.06. The first-order valence-electron chi connectivity index (χ1n) is 5.85. The van der Waals surface area contributed by atoms with Crippen LogP contribution in [0.3, 0.4) is 0 Å². The molecule has 0 aliphatic heterocycles. The van der Waals surface area contributed by atoms with Crippen molar-refractivity contribution in [3.05, 3.63) is 35.5 Å². The molecule has 2 aromatic rings. The summed E-state index contributed by atoms with van der Waals surface area (Å²) in [5.41, 5.74) is 1.62. The number of nitrogens with zero attached hydrogens (tertiary/aromatic N) is 1. The Morgan fingerprint density at radius 3 is 2.63 bits per heavy atom. The normalized spacial score (nSPS) is 11.9. The van der Waals surface area contributed by atoms with E-state index in [0.717, 1.165) is 10.9 Å². The average molecular weight is 281 g/mol. The van der Waals surface area contributed by atoms with E-state index < -0.39 is 15.8 Å². The van der Waals surface area contributed by atoms with E-state index >= 15 is 0 Å². The van der Waals surface area contributed by atoms with E-state index in [1.165, 1.54) is 6.07 Å². The van der Waals surface area contributed by atoms with E-state index in [2.05, 4.69) is 0 Å². The van der Waals surface area contributed by atoms with Gasteiger partial charge in [0.05, 0.1) is 11.3 Å². The van der Waals surface area contributed by atoms with Crippen molar-refractivity contribution in [2.75, 3.05) is 5.75 Å². The molecule has 1 N–H and O–H groups in total. The molecule has 0 aliphatic rings. The third-order valence-corrected chi connectivity index (χ3v) is 4.77. The Labute approximate surface area is 111 Å². The van der Waals surface area contributed by atoms with Crippen LogP contribution in [-0.4, -0.2) is 29.8 Å². The van der Waals surface area contributed by atoms with Crippen LogP contribution in [0.1, 0.15) is 22.8 Å². The van der Waals surface area contributed by atoms with Crippen LogP contribution in [0.4, 0.5) is 0 Å². The van der Waals surface area contributed by atoms with Crippen molar-refractivity contribution in [3.63, 3.8) is 0 Å². The van der Waals surface area contributed by atoms with E-state index in [9.17, 15) is 13.2 Å². The lowest BCUT2D eigenvalue weighted by atomic mass is 10.1. The number of carbonyl (C=O) groups is 1. The van der Waals surface area contributed by atoms with Crippen molar-refractivity contribution in [2.45, 2.75) is 12.7 Å².